The van der Waals surface area contributed by atoms with E-state index in [0.717, 1.165) is 17.9 Å². The first-order valence-electron chi connectivity index (χ1n) is 6.92. The third-order valence-electron chi connectivity index (χ3n) is 3.64. The average molecular weight is 330 g/mol. The molecule has 0 saturated carbocycles. The number of hydrogen-bond acceptors (Lipinski definition) is 5. The SMILES string of the molecule is COCCN(C1CCSC1)S(=O)(=O)c1c(C)cccc1N. The van der Waals surface area contributed by atoms with Crippen LogP contribution in [0.25, 0.3) is 0 Å². The van der Waals surface area contributed by atoms with E-state index in [1.54, 1.807) is 48.3 Å². The zero-order valence-corrected chi connectivity index (χ0v) is 14.0. The van der Waals surface area contributed by atoms with Crippen LogP contribution in [0.15, 0.2) is 23.1 Å². The van der Waals surface area contributed by atoms with Gasteiger partial charge in [0.2, 0.25) is 10.0 Å². The standard InChI is InChI=1S/C14H22N2O3S2/c1-11-4-3-5-13(15)14(11)21(17,18)16(7-8-19-2)12-6-9-20-10-12/h3-5,12H,6-10,15H2,1-2H3. The van der Waals surface area contributed by atoms with Crippen molar-refractivity contribution < 1.29 is 13.2 Å². The molecule has 1 aromatic rings. The van der Waals surface area contributed by atoms with Crippen molar-refractivity contribution in [1.29, 1.82) is 0 Å². The van der Waals surface area contributed by atoms with Gasteiger partial charge in [-0.25, -0.2) is 8.42 Å². The van der Waals surface area contributed by atoms with Crippen molar-refractivity contribution >= 4 is 27.5 Å². The summed E-state index contributed by atoms with van der Waals surface area (Å²) >= 11 is 1.79. The molecule has 0 amide bonds. The number of nitrogen functional groups attached to an aromatic ring is 1. The van der Waals surface area contributed by atoms with E-state index in [0.29, 0.717) is 24.4 Å². The number of thioether (sulfide) groups is 1. The molecule has 1 aliphatic heterocycles. The second-order valence-corrected chi connectivity index (χ2v) is 8.10. The summed E-state index contributed by atoms with van der Waals surface area (Å²) in [5.41, 5.74) is 6.92. The highest BCUT2D eigenvalue weighted by molar-refractivity contribution is 7.99. The van der Waals surface area contributed by atoms with E-state index < -0.39 is 10.0 Å². The van der Waals surface area contributed by atoms with Crippen molar-refractivity contribution in [3.8, 4) is 0 Å². The monoisotopic (exact) mass is 330 g/mol. The highest BCUT2D eigenvalue weighted by Gasteiger charge is 2.35. The minimum Gasteiger partial charge on any atom is -0.398 e. The Bertz CT molecular complexity index is 564. The molecule has 5 nitrogen and oxygen atoms in total. The molecule has 1 aromatic carbocycles. The highest BCUT2D eigenvalue weighted by atomic mass is 32.2. The Labute approximate surface area is 130 Å². The van der Waals surface area contributed by atoms with Crippen molar-refractivity contribution in [2.24, 2.45) is 0 Å². The molecule has 1 heterocycles. The molecule has 21 heavy (non-hydrogen) atoms. The number of benzene rings is 1. The Morgan fingerprint density at radius 3 is 2.81 bits per heavy atom. The maximum Gasteiger partial charge on any atom is 0.245 e. The zero-order chi connectivity index (χ0) is 15.5. The number of rotatable bonds is 6. The second kappa shape index (κ2) is 7.00. The van der Waals surface area contributed by atoms with E-state index in [4.69, 9.17) is 10.5 Å². The Kier molecular flexibility index (Phi) is 5.54. The fraction of sp³-hybridized carbons (Fsp3) is 0.571. The molecule has 2 rings (SSSR count). The van der Waals surface area contributed by atoms with Gasteiger partial charge < -0.3 is 10.5 Å². The predicted molar refractivity (Wildman–Crippen MR) is 87.1 cm³/mol. The van der Waals surface area contributed by atoms with Gasteiger partial charge in [-0.15, -0.1) is 0 Å². The van der Waals surface area contributed by atoms with E-state index in [1.807, 2.05) is 0 Å². The van der Waals surface area contributed by atoms with Crippen LogP contribution in [-0.4, -0.2) is 50.5 Å². The number of aryl methyl sites for hydroxylation is 1. The smallest absolute Gasteiger partial charge is 0.245 e. The van der Waals surface area contributed by atoms with Crippen LogP contribution >= 0.6 is 11.8 Å². The van der Waals surface area contributed by atoms with Crippen LogP contribution in [0.2, 0.25) is 0 Å². The predicted octanol–water partition coefficient (Wildman–Crippen LogP) is 1.72. The number of nitrogens with two attached hydrogens (primary N) is 1. The lowest BCUT2D eigenvalue weighted by Gasteiger charge is -2.28. The van der Waals surface area contributed by atoms with Gasteiger partial charge in [0.05, 0.1) is 12.3 Å². The minimum atomic E-state index is -3.60. The van der Waals surface area contributed by atoms with Gasteiger partial charge in [-0.1, -0.05) is 12.1 Å². The maximum atomic E-state index is 13.0. The Morgan fingerprint density at radius 1 is 1.48 bits per heavy atom. The molecule has 1 saturated heterocycles. The lowest BCUT2D eigenvalue weighted by Crippen LogP contribution is -2.42. The summed E-state index contributed by atoms with van der Waals surface area (Å²) < 4.78 is 32.7. The van der Waals surface area contributed by atoms with Gasteiger partial charge in [0.1, 0.15) is 4.90 Å². The van der Waals surface area contributed by atoms with Crippen LogP contribution in [-0.2, 0) is 14.8 Å². The van der Waals surface area contributed by atoms with Crippen LogP contribution < -0.4 is 5.73 Å². The van der Waals surface area contributed by atoms with Crippen LogP contribution in [0.1, 0.15) is 12.0 Å². The largest absolute Gasteiger partial charge is 0.398 e. The van der Waals surface area contributed by atoms with Crippen LogP contribution in [0.3, 0.4) is 0 Å². The van der Waals surface area contributed by atoms with Crippen molar-refractivity contribution in [1.82, 2.24) is 4.31 Å². The van der Waals surface area contributed by atoms with Crippen molar-refractivity contribution in [2.75, 3.05) is 37.5 Å². The molecule has 0 radical (unpaired) electrons. The Hall–Kier alpha value is -0.760. The summed E-state index contributed by atoms with van der Waals surface area (Å²) in [5, 5.41) is 0. The normalized spacial score (nSPS) is 19.3. The molecular formula is C14H22N2O3S2. The molecular weight excluding hydrogens is 308 g/mol. The number of nitrogens with zero attached hydrogens (tertiary/aromatic N) is 1. The van der Waals surface area contributed by atoms with E-state index in [1.165, 1.54) is 0 Å². The molecule has 7 heteroatoms. The minimum absolute atomic E-state index is 0.0224. The third kappa shape index (κ3) is 3.53. The first-order chi connectivity index (χ1) is 9.98. The van der Waals surface area contributed by atoms with Gasteiger partial charge in [0.25, 0.3) is 0 Å². The van der Waals surface area contributed by atoms with Crippen LogP contribution in [0.5, 0.6) is 0 Å². The molecule has 1 fully saturated rings. The lowest BCUT2D eigenvalue weighted by atomic mass is 10.2. The molecule has 0 aromatic heterocycles. The fourth-order valence-electron chi connectivity index (χ4n) is 2.57. The molecule has 1 atom stereocenters. The topological polar surface area (TPSA) is 72.6 Å². The summed E-state index contributed by atoms with van der Waals surface area (Å²) in [7, 11) is -2.02. The molecule has 1 unspecified atom stereocenters. The highest BCUT2D eigenvalue weighted by Crippen LogP contribution is 2.31. The van der Waals surface area contributed by atoms with Crippen molar-refractivity contribution in [3.63, 3.8) is 0 Å². The molecule has 0 aliphatic carbocycles. The van der Waals surface area contributed by atoms with Crippen molar-refractivity contribution in [2.45, 2.75) is 24.3 Å². The number of methoxy groups -OCH3 is 1. The van der Waals surface area contributed by atoms with E-state index >= 15 is 0 Å². The number of hydrogen-bond donors (Lipinski definition) is 1. The van der Waals surface area contributed by atoms with Gasteiger partial charge in [0, 0.05) is 25.4 Å². The second-order valence-electron chi connectivity index (χ2n) is 5.12. The maximum absolute atomic E-state index is 13.0. The summed E-state index contributed by atoms with van der Waals surface area (Å²) in [4.78, 5) is 0.234. The summed E-state index contributed by atoms with van der Waals surface area (Å²) in [6.45, 7) is 2.52. The van der Waals surface area contributed by atoms with Gasteiger partial charge in [-0.2, -0.15) is 16.1 Å². The molecule has 118 valence electrons. The van der Waals surface area contributed by atoms with Gasteiger partial charge >= 0.3 is 0 Å². The molecule has 0 spiro atoms. The molecule has 1 aliphatic rings. The van der Waals surface area contributed by atoms with Gasteiger partial charge in [0.15, 0.2) is 0 Å². The number of ether oxygens (including phenoxy) is 1. The summed E-state index contributed by atoms with van der Waals surface area (Å²) in [5.74, 6) is 1.82. The van der Waals surface area contributed by atoms with E-state index in [2.05, 4.69) is 0 Å². The first-order valence-corrected chi connectivity index (χ1v) is 9.51. The average Bonchev–Trinajstić information content (AvgIpc) is 2.92. The van der Waals surface area contributed by atoms with Gasteiger partial charge in [-0.05, 0) is 30.7 Å². The van der Waals surface area contributed by atoms with Crippen LogP contribution in [0.4, 0.5) is 5.69 Å². The summed E-state index contributed by atoms with van der Waals surface area (Å²) in [6, 6.07) is 5.21. The zero-order valence-electron chi connectivity index (χ0n) is 12.4. The first kappa shape index (κ1) is 16.6. The third-order valence-corrected chi connectivity index (χ3v) is 6.95. The summed E-state index contributed by atoms with van der Waals surface area (Å²) in [6.07, 6.45) is 0.874. The molecule has 2 N–H and O–H groups in total. The quantitative estimate of drug-likeness (QED) is 0.804. The molecule has 0 bridgehead atoms. The van der Waals surface area contributed by atoms with Crippen LogP contribution in [0, 0.1) is 6.92 Å². The van der Waals surface area contributed by atoms with E-state index in [9.17, 15) is 8.42 Å². The lowest BCUT2D eigenvalue weighted by molar-refractivity contribution is 0.169. The number of anilines is 1. The van der Waals surface area contributed by atoms with Gasteiger partial charge in [-0.3, -0.25) is 0 Å². The fourth-order valence-corrected chi connectivity index (χ4v) is 5.86. The Balaban J connectivity index is 2.41. The van der Waals surface area contributed by atoms with E-state index in [-0.39, 0.29) is 10.9 Å². The Morgan fingerprint density at radius 2 is 2.24 bits per heavy atom. The number of sulfonamides is 1. The van der Waals surface area contributed by atoms with Crippen molar-refractivity contribution in [3.05, 3.63) is 23.8 Å².